The standard InChI is InChI=1S/C64H110O6/c1-4-7-10-13-16-19-22-25-28-30-31-32-33-35-36-39-42-45-48-51-54-57-63(66)69-60-61(59-68-62(65)56-53-50-47-44-41-38-27-24-21-18-15-12-9-6-3)70-64(67)58-55-52-49-46-43-40-37-34-29-26-23-20-17-14-11-8-5-2/h7,10,16,19,25-26,28-29,31-32,35-36,42,45,61H,4-6,8-9,11-15,17-18,20-24,27,30,33-34,37-41,43-44,46-60H2,1-3H3/b10-7-,19-16-,28-25-,29-26-,32-31-,36-35-,45-42-. The first kappa shape index (κ1) is 66.6. The average Bonchev–Trinajstić information content (AvgIpc) is 3.36. The van der Waals surface area contributed by atoms with Crippen molar-refractivity contribution < 1.29 is 28.6 Å². The maximum absolute atomic E-state index is 12.9. The normalized spacial score (nSPS) is 12.7. The van der Waals surface area contributed by atoms with Crippen molar-refractivity contribution in [1.29, 1.82) is 0 Å². The second kappa shape index (κ2) is 58.2. The zero-order valence-corrected chi connectivity index (χ0v) is 46.0. The quantitative estimate of drug-likeness (QED) is 0.0261. The van der Waals surface area contributed by atoms with Crippen molar-refractivity contribution in [3.63, 3.8) is 0 Å². The summed E-state index contributed by atoms with van der Waals surface area (Å²) in [6, 6.07) is 0. The van der Waals surface area contributed by atoms with Crippen LogP contribution in [0.1, 0.15) is 284 Å². The van der Waals surface area contributed by atoms with Gasteiger partial charge in [-0.05, 0) is 96.3 Å². The van der Waals surface area contributed by atoms with Crippen LogP contribution in [0.5, 0.6) is 0 Å². The van der Waals surface area contributed by atoms with E-state index in [1.165, 1.54) is 148 Å². The minimum atomic E-state index is -0.796. The van der Waals surface area contributed by atoms with Crippen LogP contribution in [0.4, 0.5) is 0 Å². The van der Waals surface area contributed by atoms with Gasteiger partial charge >= 0.3 is 17.9 Å². The molecule has 0 heterocycles. The Bertz CT molecular complexity index is 1350. The molecule has 0 saturated carbocycles. The minimum Gasteiger partial charge on any atom is -0.462 e. The first-order chi connectivity index (χ1) is 34.5. The molecule has 0 fully saturated rings. The van der Waals surface area contributed by atoms with Gasteiger partial charge in [-0.25, -0.2) is 0 Å². The van der Waals surface area contributed by atoms with Crippen molar-refractivity contribution >= 4 is 17.9 Å². The lowest BCUT2D eigenvalue weighted by Crippen LogP contribution is -2.30. The van der Waals surface area contributed by atoms with Crippen LogP contribution in [0.15, 0.2) is 85.1 Å². The molecular formula is C64H110O6. The van der Waals surface area contributed by atoms with Gasteiger partial charge in [-0.15, -0.1) is 0 Å². The first-order valence-electron chi connectivity index (χ1n) is 29.6. The van der Waals surface area contributed by atoms with Crippen LogP contribution < -0.4 is 0 Å². The van der Waals surface area contributed by atoms with Crippen LogP contribution in [0, 0.1) is 0 Å². The molecule has 0 bridgehead atoms. The molecule has 0 aromatic heterocycles. The maximum Gasteiger partial charge on any atom is 0.306 e. The Labute approximate surface area is 433 Å². The van der Waals surface area contributed by atoms with E-state index in [4.69, 9.17) is 14.2 Å². The van der Waals surface area contributed by atoms with Crippen LogP contribution in [0.3, 0.4) is 0 Å². The molecule has 6 heteroatoms. The van der Waals surface area contributed by atoms with Crippen molar-refractivity contribution in [3.8, 4) is 0 Å². The molecule has 0 aliphatic heterocycles. The summed E-state index contributed by atoms with van der Waals surface area (Å²) in [5.74, 6) is -0.931. The van der Waals surface area contributed by atoms with Gasteiger partial charge in [-0.1, -0.05) is 254 Å². The number of ether oxygens (including phenoxy) is 3. The van der Waals surface area contributed by atoms with Crippen LogP contribution in [-0.2, 0) is 28.6 Å². The Kier molecular flexibility index (Phi) is 55.3. The van der Waals surface area contributed by atoms with Crippen molar-refractivity contribution in [2.45, 2.75) is 290 Å². The lowest BCUT2D eigenvalue weighted by molar-refractivity contribution is -0.167. The molecule has 0 N–H and O–H groups in total. The summed E-state index contributed by atoms with van der Waals surface area (Å²) in [6.07, 6.45) is 75.7. The lowest BCUT2D eigenvalue weighted by atomic mass is 10.0. The fourth-order valence-electron chi connectivity index (χ4n) is 8.21. The van der Waals surface area contributed by atoms with E-state index in [1.807, 2.05) is 0 Å². The van der Waals surface area contributed by atoms with E-state index in [0.29, 0.717) is 19.3 Å². The molecule has 0 aliphatic rings. The highest BCUT2D eigenvalue weighted by atomic mass is 16.6. The van der Waals surface area contributed by atoms with E-state index < -0.39 is 6.10 Å². The number of carbonyl (C=O) groups excluding carboxylic acids is 3. The minimum absolute atomic E-state index is 0.0899. The van der Waals surface area contributed by atoms with Crippen LogP contribution in [0.2, 0.25) is 0 Å². The molecule has 0 radical (unpaired) electrons. The molecule has 0 spiro atoms. The number of hydrogen-bond acceptors (Lipinski definition) is 6. The fraction of sp³-hybridized carbons (Fsp3) is 0.734. The molecule has 0 aromatic rings. The Hall–Kier alpha value is -3.41. The third-order valence-corrected chi connectivity index (χ3v) is 12.6. The van der Waals surface area contributed by atoms with Crippen molar-refractivity contribution in [2.75, 3.05) is 13.2 Å². The molecule has 70 heavy (non-hydrogen) atoms. The monoisotopic (exact) mass is 975 g/mol. The van der Waals surface area contributed by atoms with Crippen LogP contribution in [-0.4, -0.2) is 37.2 Å². The zero-order chi connectivity index (χ0) is 50.7. The van der Waals surface area contributed by atoms with E-state index in [2.05, 4.69) is 106 Å². The van der Waals surface area contributed by atoms with E-state index in [1.54, 1.807) is 0 Å². The fourth-order valence-corrected chi connectivity index (χ4v) is 8.21. The Morgan fingerprint density at radius 3 is 0.914 bits per heavy atom. The van der Waals surface area contributed by atoms with Gasteiger partial charge in [-0.2, -0.15) is 0 Å². The van der Waals surface area contributed by atoms with E-state index >= 15 is 0 Å². The number of esters is 3. The van der Waals surface area contributed by atoms with Crippen LogP contribution in [0.25, 0.3) is 0 Å². The van der Waals surface area contributed by atoms with Crippen LogP contribution >= 0.6 is 0 Å². The Morgan fingerprint density at radius 2 is 0.557 bits per heavy atom. The first-order valence-corrected chi connectivity index (χ1v) is 29.6. The number of hydrogen-bond donors (Lipinski definition) is 0. The number of unbranched alkanes of at least 4 members (excludes halogenated alkanes) is 28. The summed E-state index contributed by atoms with van der Waals surface area (Å²) >= 11 is 0. The molecule has 6 nitrogen and oxygen atoms in total. The number of carbonyl (C=O) groups is 3. The van der Waals surface area contributed by atoms with Gasteiger partial charge in [0.05, 0.1) is 0 Å². The lowest BCUT2D eigenvalue weighted by Gasteiger charge is -2.18. The average molecular weight is 976 g/mol. The molecule has 0 aromatic carbocycles. The smallest absolute Gasteiger partial charge is 0.306 e. The molecule has 0 aliphatic carbocycles. The van der Waals surface area contributed by atoms with Crippen molar-refractivity contribution in [1.82, 2.24) is 0 Å². The highest BCUT2D eigenvalue weighted by Crippen LogP contribution is 2.16. The largest absolute Gasteiger partial charge is 0.462 e. The Balaban J connectivity index is 4.45. The summed E-state index contributed by atoms with van der Waals surface area (Å²) in [5, 5.41) is 0. The van der Waals surface area contributed by atoms with E-state index in [-0.39, 0.29) is 31.1 Å². The second-order valence-corrected chi connectivity index (χ2v) is 19.5. The predicted molar refractivity (Wildman–Crippen MR) is 302 cm³/mol. The second-order valence-electron chi connectivity index (χ2n) is 19.5. The van der Waals surface area contributed by atoms with Gasteiger partial charge in [0.25, 0.3) is 0 Å². The summed E-state index contributed by atoms with van der Waals surface area (Å²) in [7, 11) is 0. The van der Waals surface area contributed by atoms with Gasteiger partial charge in [0.2, 0.25) is 0 Å². The molecule has 402 valence electrons. The molecule has 0 rings (SSSR count). The number of allylic oxidation sites excluding steroid dienone is 14. The molecule has 1 atom stereocenters. The van der Waals surface area contributed by atoms with E-state index in [0.717, 1.165) is 96.3 Å². The highest BCUT2D eigenvalue weighted by molar-refractivity contribution is 5.71. The molecule has 0 saturated heterocycles. The van der Waals surface area contributed by atoms with Gasteiger partial charge in [0.1, 0.15) is 13.2 Å². The molecule has 0 amide bonds. The molecular weight excluding hydrogens is 865 g/mol. The summed E-state index contributed by atoms with van der Waals surface area (Å²) in [4.78, 5) is 38.2. The van der Waals surface area contributed by atoms with E-state index in [9.17, 15) is 14.4 Å². The number of rotatable bonds is 53. The highest BCUT2D eigenvalue weighted by Gasteiger charge is 2.19. The van der Waals surface area contributed by atoms with Crippen molar-refractivity contribution in [3.05, 3.63) is 85.1 Å². The maximum atomic E-state index is 12.9. The third-order valence-electron chi connectivity index (χ3n) is 12.6. The summed E-state index contributed by atoms with van der Waals surface area (Å²) < 4.78 is 16.9. The SMILES string of the molecule is CC/C=C\C/C=C\C/C=C\C/C=C\C/C=C\C/C=C\CCCCC(=O)OCC(COC(=O)CCCCCCCCCCCCCCCC)OC(=O)CCCCCCCCC/C=C\CCCCCCCC. The van der Waals surface area contributed by atoms with Crippen molar-refractivity contribution in [2.24, 2.45) is 0 Å². The molecule has 1 unspecified atom stereocenters. The topological polar surface area (TPSA) is 78.9 Å². The predicted octanol–water partition coefficient (Wildman–Crippen LogP) is 19.9. The van der Waals surface area contributed by atoms with Gasteiger partial charge in [0, 0.05) is 19.3 Å². The van der Waals surface area contributed by atoms with Gasteiger partial charge in [-0.3, -0.25) is 14.4 Å². The summed E-state index contributed by atoms with van der Waals surface area (Å²) in [5.41, 5.74) is 0. The van der Waals surface area contributed by atoms with Gasteiger partial charge in [0.15, 0.2) is 6.10 Å². The zero-order valence-electron chi connectivity index (χ0n) is 46.0. The Morgan fingerprint density at radius 1 is 0.300 bits per heavy atom. The summed E-state index contributed by atoms with van der Waals surface area (Å²) in [6.45, 7) is 6.50. The third kappa shape index (κ3) is 55.5. The van der Waals surface area contributed by atoms with Gasteiger partial charge < -0.3 is 14.2 Å².